The second kappa shape index (κ2) is 8.31. The molecule has 0 bridgehead atoms. The van der Waals surface area contributed by atoms with E-state index in [2.05, 4.69) is 31.7 Å². The number of nitriles is 1. The fourth-order valence-electron chi connectivity index (χ4n) is 2.08. The Morgan fingerprint density at radius 1 is 1.40 bits per heavy atom. The van der Waals surface area contributed by atoms with Crippen molar-refractivity contribution in [2.24, 2.45) is 5.92 Å². The van der Waals surface area contributed by atoms with Gasteiger partial charge in [-0.3, -0.25) is 0 Å². The number of nitrogens with zero attached hydrogens (tertiary/aromatic N) is 2. The van der Waals surface area contributed by atoms with Crippen LogP contribution < -0.4 is 15.4 Å². The molecule has 0 saturated heterocycles. The largest absolute Gasteiger partial charge is 0.491 e. The van der Waals surface area contributed by atoms with Gasteiger partial charge >= 0.3 is 0 Å². The first-order chi connectivity index (χ1) is 9.60. The van der Waals surface area contributed by atoms with Gasteiger partial charge < -0.3 is 15.4 Å². The molecule has 1 aromatic carbocycles. The van der Waals surface area contributed by atoms with E-state index in [1.54, 1.807) is 0 Å². The van der Waals surface area contributed by atoms with Gasteiger partial charge in [0.05, 0.1) is 30.5 Å². The molecular weight excluding hydrogens is 250 g/mol. The molecule has 0 amide bonds. The van der Waals surface area contributed by atoms with Crippen LogP contribution in [0.4, 0.5) is 11.4 Å². The number of ether oxygens (including phenoxy) is 1. The van der Waals surface area contributed by atoms with Crippen molar-refractivity contribution >= 4 is 11.4 Å². The Kier molecular flexibility index (Phi) is 6.72. The molecule has 0 radical (unpaired) electrons. The Morgan fingerprint density at radius 3 is 2.75 bits per heavy atom. The summed E-state index contributed by atoms with van der Waals surface area (Å²) in [7, 11) is 0. The van der Waals surface area contributed by atoms with E-state index in [0.717, 1.165) is 24.4 Å². The summed E-state index contributed by atoms with van der Waals surface area (Å²) in [5.41, 5.74) is 7.85. The zero-order chi connectivity index (χ0) is 15.0. The van der Waals surface area contributed by atoms with Crippen molar-refractivity contribution in [1.29, 1.82) is 5.26 Å². The van der Waals surface area contributed by atoms with Crippen LogP contribution in [0.5, 0.6) is 5.75 Å². The molecule has 0 aliphatic heterocycles. The zero-order valence-electron chi connectivity index (χ0n) is 12.7. The predicted molar refractivity (Wildman–Crippen MR) is 83.9 cm³/mol. The monoisotopic (exact) mass is 275 g/mol. The number of hydrogen-bond donors (Lipinski definition) is 1. The lowest BCUT2D eigenvalue weighted by atomic mass is 10.1. The van der Waals surface area contributed by atoms with Crippen LogP contribution >= 0.6 is 0 Å². The van der Waals surface area contributed by atoms with Crippen LogP contribution in [0.3, 0.4) is 0 Å². The first-order valence-corrected chi connectivity index (χ1v) is 7.23. The summed E-state index contributed by atoms with van der Waals surface area (Å²) >= 11 is 0. The lowest BCUT2D eigenvalue weighted by molar-refractivity contribution is 0.319. The summed E-state index contributed by atoms with van der Waals surface area (Å²) in [5, 5.41) is 8.80. The number of hydrogen-bond acceptors (Lipinski definition) is 4. The summed E-state index contributed by atoms with van der Waals surface area (Å²) in [6.45, 7) is 8.62. The molecule has 0 aliphatic rings. The first kappa shape index (κ1) is 16.2. The van der Waals surface area contributed by atoms with Crippen molar-refractivity contribution in [1.82, 2.24) is 0 Å². The van der Waals surface area contributed by atoms with E-state index in [0.29, 0.717) is 31.2 Å². The molecule has 0 aromatic heterocycles. The quantitative estimate of drug-likeness (QED) is 0.738. The highest BCUT2D eigenvalue weighted by atomic mass is 16.5. The maximum Gasteiger partial charge on any atom is 0.144 e. The van der Waals surface area contributed by atoms with E-state index in [9.17, 15) is 0 Å². The second-order valence-corrected chi connectivity index (χ2v) is 5.29. The smallest absolute Gasteiger partial charge is 0.144 e. The highest BCUT2D eigenvalue weighted by Crippen LogP contribution is 2.32. The Balaban J connectivity index is 2.97. The fraction of sp³-hybridized carbons (Fsp3) is 0.562. The van der Waals surface area contributed by atoms with E-state index in [1.165, 1.54) is 0 Å². The molecule has 0 heterocycles. The van der Waals surface area contributed by atoms with E-state index >= 15 is 0 Å². The lowest BCUT2D eigenvalue weighted by Crippen LogP contribution is -2.29. The average Bonchev–Trinajstić information content (AvgIpc) is 2.42. The van der Waals surface area contributed by atoms with Crippen LogP contribution in [0.1, 0.15) is 33.6 Å². The number of nitrogens with two attached hydrogens (primary N) is 1. The third kappa shape index (κ3) is 4.65. The molecule has 2 N–H and O–H groups in total. The molecule has 20 heavy (non-hydrogen) atoms. The number of para-hydroxylation sites is 1. The van der Waals surface area contributed by atoms with Gasteiger partial charge in [-0.1, -0.05) is 26.8 Å². The van der Waals surface area contributed by atoms with Crippen molar-refractivity contribution in [2.75, 3.05) is 30.3 Å². The molecule has 0 fully saturated rings. The molecule has 110 valence electrons. The minimum Gasteiger partial charge on any atom is -0.491 e. The Hall–Kier alpha value is -1.89. The lowest BCUT2D eigenvalue weighted by Gasteiger charge is -2.27. The fourth-order valence-corrected chi connectivity index (χ4v) is 2.08. The molecule has 4 heteroatoms. The van der Waals surface area contributed by atoms with Crippen molar-refractivity contribution in [2.45, 2.75) is 33.6 Å². The predicted octanol–water partition coefficient (Wildman–Crippen LogP) is 3.43. The standard InChI is InChI=1S/C16H25N3O/c1-4-11-20-15-8-5-7-14(16(15)18)19(10-6-9-17)12-13(2)3/h5,7-8,13H,4,6,10-12,18H2,1-3H3. The summed E-state index contributed by atoms with van der Waals surface area (Å²) in [6, 6.07) is 8.04. The van der Waals surface area contributed by atoms with E-state index in [1.807, 2.05) is 18.2 Å². The third-order valence-corrected chi connectivity index (χ3v) is 2.92. The molecule has 1 aromatic rings. The van der Waals surface area contributed by atoms with Gasteiger partial charge in [-0.05, 0) is 24.5 Å². The Morgan fingerprint density at radius 2 is 2.15 bits per heavy atom. The van der Waals surface area contributed by atoms with Gasteiger partial charge in [0.25, 0.3) is 0 Å². The van der Waals surface area contributed by atoms with Crippen LogP contribution in [0.15, 0.2) is 18.2 Å². The van der Waals surface area contributed by atoms with Gasteiger partial charge in [0.2, 0.25) is 0 Å². The molecular formula is C16H25N3O. The molecule has 4 nitrogen and oxygen atoms in total. The second-order valence-electron chi connectivity index (χ2n) is 5.29. The van der Waals surface area contributed by atoms with Gasteiger partial charge in [0.15, 0.2) is 0 Å². The maximum atomic E-state index is 8.80. The number of nitrogen functional groups attached to an aromatic ring is 1. The van der Waals surface area contributed by atoms with Gasteiger partial charge in [-0.15, -0.1) is 0 Å². The zero-order valence-corrected chi connectivity index (χ0v) is 12.7. The van der Waals surface area contributed by atoms with E-state index in [-0.39, 0.29) is 0 Å². The number of rotatable bonds is 8. The normalized spacial score (nSPS) is 10.3. The van der Waals surface area contributed by atoms with Crippen LogP contribution in [-0.2, 0) is 0 Å². The molecule has 0 atom stereocenters. The van der Waals surface area contributed by atoms with Gasteiger partial charge in [-0.2, -0.15) is 5.26 Å². The maximum absolute atomic E-state index is 8.80. The molecule has 0 spiro atoms. The highest BCUT2D eigenvalue weighted by Gasteiger charge is 2.14. The Bertz CT molecular complexity index is 452. The highest BCUT2D eigenvalue weighted by molar-refractivity contribution is 5.74. The summed E-state index contributed by atoms with van der Waals surface area (Å²) < 4.78 is 5.67. The molecule has 0 unspecified atom stereocenters. The Labute approximate surface area is 122 Å². The van der Waals surface area contributed by atoms with Crippen molar-refractivity contribution in [3.63, 3.8) is 0 Å². The van der Waals surface area contributed by atoms with Crippen LogP contribution in [-0.4, -0.2) is 19.7 Å². The number of anilines is 2. The van der Waals surface area contributed by atoms with E-state index in [4.69, 9.17) is 15.7 Å². The minimum absolute atomic E-state index is 0.492. The number of benzene rings is 1. The molecule has 0 aliphatic carbocycles. The summed E-state index contributed by atoms with van der Waals surface area (Å²) in [5.74, 6) is 1.24. The van der Waals surface area contributed by atoms with Crippen molar-refractivity contribution in [3.05, 3.63) is 18.2 Å². The van der Waals surface area contributed by atoms with Crippen LogP contribution in [0.25, 0.3) is 0 Å². The molecule has 0 saturated carbocycles. The average molecular weight is 275 g/mol. The van der Waals surface area contributed by atoms with Gasteiger partial charge in [0, 0.05) is 13.1 Å². The van der Waals surface area contributed by atoms with Crippen LogP contribution in [0.2, 0.25) is 0 Å². The summed E-state index contributed by atoms with van der Waals surface area (Å²) in [6.07, 6.45) is 1.44. The van der Waals surface area contributed by atoms with Crippen LogP contribution in [0, 0.1) is 17.2 Å². The van der Waals surface area contributed by atoms with Crippen molar-refractivity contribution < 1.29 is 4.74 Å². The van der Waals surface area contributed by atoms with Crippen molar-refractivity contribution in [3.8, 4) is 11.8 Å². The van der Waals surface area contributed by atoms with Gasteiger partial charge in [0.1, 0.15) is 5.75 Å². The SMILES string of the molecule is CCCOc1cccc(N(CCC#N)CC(C)C)c1N. The summed E-state index contributed by atoms with van der Waals surface area (Å²) in [4.78, 5) is 2.17. The molecule has 1 rings (SSSR count). The first-order valence-electron chi connectivity index (χ1n) is 7.23. The third-order valence-electron chi connectivity index (χ3n) is 2.92. The minimum atomic E-state index is 0.492. The van der Waals surface area contributed by atoms with Gasteiger partial charge in [-0.25, -0.2) is 0 Å². The topological polar surface area (TPSA) is 62.3 Å². The van der Waals surface area contributed by atoms with E-state index < -0.39 is 0 Å².